The van der Waals surface area contributed by atoms with Crippen LogP contribution in [0.3, 0.4) is 0 Å². The van der Waals surface area contributed by atoms with Crippen molar-refractivity contribution in [3.05, 3.63) is 45.3 Å². The molecule has 4 heteroatoms. The van der Waals surface area contributed by atoms with Crippen molar-refractivity contribution in [1.82, 2.24) is 0 Å². The molecule has 0 fully saturated rings. The molecular weight excluding hydrogens is 367 g/mol. The average molecular weight is 390 g/mol. The zero-order chi connectivity index (χ0) is 15.1. The van der Waals surface area contributed by atoms with Gasteiger partial charge < -0.3 is 0 Å². The number of aryl methyl sites for hydroxylation is 1. The van der Waals surface area contributed by atoms with Crippen molar-refractivity contribution in [2.75, 3.05) is 14.2 Å². The van der Waals surface area contributed by atoms with Crippen LogP contribution in [-0.4, -0.2) is 45.5 Å². The number of rotatable bonds is 7. The van der Waals surface area contributed by atoms with Gasteiger partial charge in [-0.2, -0.15) is 0 Å². The van der Waals surface area contributed by atoms with Crippen molar-refractivity contribution in [2.24, 2.45) is 0 Å². The van der Waals surface area contributed by atoms with Gasteiger partial charge in [-0.25, -0.2) is 0 Å². The molecule has 1 aliphatic rings. The molecule has 0 radical (unpaired) electrons. The van der Waals surface area contributed by atoms with E-state index in [0.29, 0.717) is 10.3 Å². The quantitative estimate of drug-likeness (QED) is 0.672. The molecule has 3 nitrogen and oxygen atoms in total. The molecular formula is C17H23InO3. The molecule has 1 aromatic carbocycles. The van der Waals surface area contributed by atoms with Crippen LogP contribution >= 0.6 is 0 Å². The molecule has 0 aliphatic carbocycles. The van der Waals surface area contributed by atoms with Gasteiger partial charge in [0, 0.05) is 0 Å². The van der Waals surface area contributed by atoms with Gasteiger partial charge in [-0.1, -0.05) is 0 Å². The zero-order valence-electron chi connectivity index (χ0n) is 12.9. The fourth-order valence-electron chi connectivity index (χ4n) is 2.99. The van der Waals surface area contributed by atoms with Crippen molar-refractivity contribution >= 4 is 27.4 Å². The van der Waals surface area contributed by atoms with Gasteiger partial charge in [0.25, 0.3) is 0 Å². The SMILES string of the molecule is COC(=O)CC1=[CH][In]([CH2]CCc2ccccc2)[CH](OC)C1. The van der Waals surface area contributed by atoms with Crippen LogP contribution in [0.1, 0.15) is 24.8 Å². The summed E-state index contributed by atoms with van der Waals surface area (Å²) in [4.78, 5) is 11.4. The molecule has 0 spiro atoms. The fraction of sp³-hybridized carbons (Fsp3) is 0.471. The number of methoxy groups -OCH3 is 2. The van der Waals surface area contributed by atoms with Crippen molar-refractivity contribution in [3.63, 3.8) is 0 Å². The second-order valence-corrected chi connectivity index (χ2v) is 14.1. The monoisotopic (exact) mass is 390 g/mol. The summed E-state index contributed by atoms with van der Waals surface area (Å²) >= 11 is -1.81. The molecule has 0 bridgehead atoms. The second-order valence-electron chi connectivity index (χ2n) is 5.60. The van der Waals surface area contributed by atoms with E-state index < -0.39 is 21.4 Å². The van der Waals surface area contributed by atoms with Crippen molar-refractivity contribution in [1.29, 1.82) is 0 Å². The van der Waals surface area contributed by atoms with Crippen LogP contribution in [0.2, 0.25) is 4.18 Å². The molecule has 1 aliphatic heterocycles. The number of hydrogen-bond donors (Lipinski definition) is 0. The van der Waals surface area contributed by atoms with Crippen molar-refractivity contribution < 1.29 is 14.3 Å². The first-order valence-corrected chi connectivity index (χ1v) is 13.7. The van der Waals surface area contributed by atoms with Crippen LogP contribution in [0.4, 0.5) is 0 Å². The number of benzene rings is 1. The molecule has 1 aromatic rings. The number of ether oxygens (including phenoxy) is 2. The first kappa shape index (κ1) is 16.6. The van der Waals surface area contributed by atoms with Gasteiger partial charge >= 0.3 is 135 Å². The van der Waals surface area contributed by atoms with Gasteiger partial charge in [0.1, 0.15) is 0 Å². The molecule has 112 valence electrons. The summed E-state index contributed by atoms with van der Waals surface area (Å²) in [5.74, 6) is -0.132. The maximum atomic E-state index is 11.4. The molecule has 1 heterocycles. The van der Waals surface area contributed by atoms with E-state index >= 15 is 0 Å². The van der Waals surface area contributed by atoms with E-state index in [4.69, 9.17) is 9.47 Å². The minimum absolute atomic E-state index is 0.132. The van der Waals surface area contributed by atoms with Gasteiger partial charge in [-0.15, -0.1) is 0 Å². The maximum absolute atomic E-state index is 11.4. The summed E-state index contributed by atoms with van der Waals surface area (Å²) in [5, 5.41) is 0. The zero-order valence-corrected chi connectivity index (χ0v) is 16.2. The Hall–Kier alpha value is -0.740. The van der Waals surface area contributed by atoms with Crippen LogP contribution in [0, 0.1) is 0 Å². The molecule has 0 saturated heterocycles. The Balaban J connectivity index is 1.84. The number of esters is 1. The average Bonchev–Trinajstić information content (AvgIpc) is 2.90. The Kier molecular flexibility index (Phi) is 6.84. The van der Waals surface area contributed by atoms with E-state index in [9.17, 15) is 4.79 Å². The fourth-order valence-corrected chi connectivity index (χ4v) is 12.2. The van der Waals surface area contributed by atoms with Crippen LogP contribution in [0.5, 0.6) is 0 Å². The molecule has 1 atom stereocenters. The second kappa shape index (κ2) is 8.64. The van der Waals surface area contributed by atoms with Crippen molar-refractivity contribution in [3.8, 4) is 0 Å². The number of hydrogen-bond acceptors (Lipinski definition) is 3. The predicted octanol–water partition coefficient (Wildman–Crippen LogP) is 3.10. The van der Waals surface area contributed by atoms with Crippen LogP contribution < -0.4 is 0 Å². The van der Waals surface area contributed by atoms with Gasteiger partial charge in [-0.05, 0) is 0 Å². The van der Waals surface area contributed by atoms with E-state index in [2.05, 4.69) is 34.2 Å². The molecule has 0 saturated carbocycles. The van der Waals surface area contributed by atoms with Gasteiger partial charge in [0.2, 0.25) is 0 Å². The first-order chi connectivity index (χ1) is 10.2. The third kappa shape index (κ3) is 5.19. The molecule has 0 amide bonds. The van der Waals surface area contributed by atoms with Crippen LogP contribution in [0.15, 0.2) is 39.7 Å². The Morgan fingerprint density at radius 2 is 2.05 bits per heavy atom. The standard InChI is InChI=1S/C9H11.C8H12O3.In/c1-2-6-9-7-4-3-5-8-9;1-7(4-5-10-2)6-8(9)11-3;/h3-5,7-8H,1-2,6H2;1,5H,4,6H2,2-3H3;. The third-order valence-corrected chi connectivity index (χ3v) is 13.9. The van der Waals surface area contributed by atoms with Crippen LogP contribution in [0.25, 0.3) is 0 Å². The van der Waals surface area contributed by atoms with Gasteiger partial charge in [-0.3, -0.25) is 0 Å². The Morgan fingerprint density at radius 1 is 1.29 bits per heavy atom. The molecule has 0 N–H and O–H groups in total. The summed E-state index contributed by atoms with van der Waals surface area (Å²) in [6.45, 7) is 0. The predicted molar refractivity (Wildman–Crippen MR) is 85.5 cm³/mol. The molecule has 21 heavy (non-hydrogen) atoms. The van der Waals surface area contributed by atoms with E-state index in [0.717, 1.165) is 12.8 Å². The molecule has 2 rings (SSSR count). The Bertz CT molecular complexity index is 484. The Labute approximate surface area is 134 Å². The summed E-state index contributed by atoms with van der Waals surface area (Å²) < 4.78 is 14.6. The molecule has 0 aromatic heterocycles. The van der Waals surface area contributed by atoms with E-state index in [-0.39, 0.29) is 5.97 Å². The van der Waals surface area contributed by atoms with Crippen LogP contribution in [-0.2, 0) is 20.7 Å². The minimum atomic E-state index is -1.81. The molecule has 1 unspecified atom stereocenters. The summed E-state index contributed by atoms with van der Waals surface area (Å²) in [6, 6.07) is 10.6. The Morgan fingerprint density at radius 3 is 2.71 bits per heavy atom. The van der Waals surface area contributed by atoms with E-state index in [1.807, 2.05) is 0 Å². The number of carbonyl (C=O) groups is 1. The third-order valence-electron chi connectivity index (χ3n) is 4.14. The normalized spacial score (nSPS) is 17.7. The summed E-state index contributed by atoms with van der Waals surface area (Å²) in [7, 11) is 3.26. The van der Waals surface area contributed by atoms with Crippen molar-refractivity contribution in [2.45, 2.75) is 33.7 Å². The van der Waals surface area contributed by atoms with Gasteiger partial charge in [0.15, 0.2) is 0 Å². The van der Waals surface area contributed by atoms with E-state index in [1.165, 1.54) is 28.8 Å². The summed E-state index contributed by atoms with van der Waals surface area (Å²) in [6.07, 6.45) is 3.76. The van der Waals surface area contributed by atoms with E-state index in [1.54, 1.807) is 7.11 Å². The first-order valence-electron chi connectivity index (χ1n) is 7.56. The topological polar surface area (TPSA) is 35.5 Å². The van der Waals surface area contributed by atoms with Gasteiger partial charge in [0.05, 0.1) is 0 Å². The number of carbonyl (C=O) groups excluding carboxylic acids is 1. The summed E-state index contributed by atoms with van der Waals surface area (Å²) in [5.41, 5.74) is 2.66.